The van der Waals surface area contributed by atoms with Crippen LogP contribution in [0.1, 0.15) is 99.8 Å². The fourth-order valence-electron chi connectivity index (χ4n) is 2.20. The number of unbranched alkanes of at least 4 members (excludes halogenated alkanes) is 4. The molecule has 0 heteroatoms. The first-order valence-electron chi connectivity index (χ1n) is 7.87. The molecule has 0 N–H and O–H groups in total. The van der Waals surface area contributed by atoms with Crippen molar-refractivity contribution in [1.29, 1.82) is 0 Å². The van der Waals surface area contributed by atoms with Crippen LogP contribution < -0.4 is 0 Å². The zero-order valence-corrected chi connectivity index (χ0v) is 13.7. The van der Waals surface area contributed by atoms with Crippen LogP contribution >= 0.6 is 0 Å². The van der Waals surface area contributed by atoms with Gasteiger partial charge in [0.2, 0.25) is 0 Å². The maximum atomic E-state index is 2.38. The van der Waals surface area contributed by atoms with E-state index in [2.05, 4.69) is 48.5 Å². The molecule has 17 heavy (non-hydrogen) atoms. The van der Waals surface area contributed by atoms with Crippen LogP contribution in [0.2, 0.25) is 0 Å². The summed E-state index contributed by atoms with van der Waals surface area (Å²) in [5, 5.41) is 0. The number of hydrogen-bond donors (Lipinski definition) is 0. The zero-order valence-electron chi connectivity index (χ0n) is 13.7. The molecule has 0 aliphatic carbocycles. The van der Waals surface area contributed by atoms with Gasteiger partial charge < -0.3 is 0 Å². The van der Waals surface area contributed by atoms with Gasteiger partial charge in [0.1, 0.15) is 0 Å². The van der Waals surface area contributed by atoms with E-state index in [1.165, 1.54) is 51.4 Å². The van der Waals surface area contributed by atoms with E-state index in [4.69, 9.17) is 0 Å². The lowest BCUT2D eigenvalue weighted by molar-refractivity contribution is 0.293. The molecule has 0 aliphatic rings. The second kappa shape index (κ2) is 12.5. The molecule has 0 aliphatic heterocycles. The molecule has 0 bridgehead atoms. The predicted molar refractivity (Wildman–Crippen MR) is 82.6 cm³/mol. The highest BCUT2D eigenvalue weighted by molar-refractivity contribution is 4.65. The van der Waals surface area contributed by atoms with E-state index < -0.39 is 0 Å². The molecule has 0 amide bonds. The summed E-state index contributed by atoms with van der Waals surface area (Å²) in [4.78, 5) is 0. The van der Waals surface area contributed by atoms with Gasteiger partial charge in [-0.15, -0.1) is 0 Å². The van der Waals surface area contributed by atoms with Crippen molar-refractivity contribution in [1.82, 2.24) is 0 Å². The summed E-state index contributed by atoms with van der Waals surface area (Å²) >= 11 is 0. The minimum Gasteiger partial charge on any atom is -0.0654 e. The van der Waals surface area contributed by atoms with Crippen LogP contribution in [-0.4, -0.2) is 0 Å². The molecule has 0 aromatic heterocycles. The van der Waals surface area contributed by atoms with E-state index in [9.17, 15) is 0 Å². The molecule has 106 valence electrons. The summed E-state index contributed by atoms with van der Waals surface area (Å²) in [6, 6.07) is 0. The highest BCUT2D eigenvalue weighted by atomic mass is 14.2. The third kappa shape index (κ3) is 21.8. The van der Waals surface area contributed by atoms with Crippen LogP contribution in [-0.2, 0) is 0 Å². The Labute approximate surface area is 112 Å². The quantitative estimate of drug-likeness (QED) is 0.429. The first-order chi connectivity index (χ1) is 7.87. The van der Waals surface area contributed by atoms with Gasteiger partial charge in [-0.3, -0.25) is 0 Å². The third-order valence-electron chi connectivity index (χ3n) is 2.97. The minimum atomic E-state index is 0.521. The molecule has 0 heterocycles. The predicted octanol–water partition coefficient (Wildman–Crippen LogP) is 6.84. The molecule has 0 radical (unpaired) electrons. The van der Waals surface area contributed by atoms with Gasteiger partial charge in [-0.05, 0) is 17.8 Å². The molecule has 1 unspecified atom stereocenters. The van der Waals surface area contributed by atoms with Gasteiger partial charge in [-0.25, -0.2) is 0 Å². The van der Waals surface area contributed by atoms with E-state index in [0.29, 0.717) is 5.41 Å². The molecule has 0 saturated heterocycles. The van der Waals surface area contributed by atoms with Crippen LogP contribution in [0.3, 0.4) is 0 Å². The molecule has 0 nitrogen and oxygen atoms in total. The highest BCUT2D eigenvalue weighted by Gasteiger charge is 2.14. The first-order valence-corrected chi connectivity index (χ1v) is 7.87. The van der Waals surface area contributed by atoms with Gasteiger partial charge in [0.25, 0.3) is 0 Å². The van der Waals surface area contributed by atoms with Crippen molar-refractivity contribution in [3.8, 4) is 0 Å². The Morgan fingerprint density at radius 1 is 0.765 bits per heavy atom. The summed E-state index contributed by atoms with van der Waals surface area (Å²) in [5.41, 5.74) is 0.521. The molecule has 0 aromatic carbocycles. The van der Waals surface area contributed by atoms with Gasteiger partial charge in [0.05, 0.1) is 0 Å². The smallest absolute Gasteiger partial charge is 0.0380 e. The van der Waals surface area contributed by atoms with Crippen LogP contribution in [0.15, 0.2) is 0 Å². The lowest BCUT2D eigenvalue weighted by atomic mass is 9.83. The molecule has 1 atom stereocenters. The summed E-state index contributed by atoms with van der Waals surface area (Å²) < 4.78 is 0. The summed E-state index contributed by atoms with van der Waals surface area (Å²) in [5.74, 6) is 0.912. The highest BCUT2D eigenvalue weighted by Crippen LogP contribution is 2.26. The van der Waals surface area contributed by atoms with Gasteiger partial charge in [-0.1, -0.05) is 93.4 Å². The van der Waals surface area contributed by atoms with Crippen LogP contribution in [0, 0.1) is 11.3 Å². The summed E-state index contributed by atoms with van der Waals surface area (Å²) in [6.45, 7) is 16.1. The Hall–Kier alpha value is 0. The maximum Gasteiger partial charge on any atom is -0.0380 e. The van der Waals surface area contributed by atoms with Crippen molar-refractivity contribution < 1.29 is 0 Å². The molecule has 0 rings (SSSR count). The van der Waals surface area contributed by atoms with Crippen molar-refractivity contribution in [3.05, 3.63) is 0 Å². The average Bonchev–Trinajstić information content (AvgIpc) is 2.22. The SMILES string of the molecule is CCCCC(C)CC(C)(C)C.CCCCCC. The molecular weight excluding hydrogens is 204 g/mol. The largest absolute Gasteiger partial charge is 0.0654 e. The summed E-state index contributed by atoms with van der Waals surface area (Å²) in [6.07, 6.45) is 11.1. The van der Waals surface area contributed by atoms with Crippen molar-refractivity contribution in [2.45, 2.75) is 99.8 Å². The second-order valence-electron chi connectivity index (χ2n) is 6.72. The van der Waals surface area contributed by atoms with Crippen LogP contribution in [0.25, 0.3) is 0 Å². The normalized spacial score (nSPS) is 12.9. The fraction of sp³-hybridized carbons (Fsp3) is 1.00. The molecular formula is C17H38. The van der Waals surface area contributed by atoms with E-state index in [1.54, 1.807) is 0 Å². The van der Waals surface area contributed by atoms with Crippen molar-refractivity contribution >= 4 is 0 Å². The van der Waals surface area contributed by atoms with E-state index in [1.807, 2.05) is 0 Å². The van der Waals surface area contributed by atoms with Gasteiger partial charge in [0.15, 0.2) is 0 Å². The number of hydrogen-bond acceptors (Lipinski definition) is 0. The van der Waals surface area contributed by atoms with Crippen molar-refractivity contribution in [2.75, 3.05) is 0 Å². The Balaban J connectivity index is 0. The van der Waals surface area contributed by atoms with Crippen LogP contribution in [0.5, 0.6) is 0 Å². The first kappa shape index (κ1) is 19.3. The lowest BCUT2D eigenvalue weighted by Gasteiger charge is -2.22. The van der Waals surface area contributed by atoms with E-state index in [-0.39, 0.29) is 0 Å². The van der Waals surface area contributed by atoms with Crippen molar-refractivity contribution in [2.24, 2.45) is 11.3 Å². The fourth-order valence-corrected chi connectivity index (χ4v) is 2.20. The van der Waals surface area contributed by atoms with Crippen LogP contribution in [0.4, 0.5) is 0 Å². The average molecular weight is 242 g/mol. The summed E-state index contributed by atoms with van der Waals surface area (Å²) in [7, 11) is 0. The Morgan fingerprint density at radius 3 is 1.47 bits per heavy atom. The Morgan fingerprint density at radius 2 is 1.18 bits per heavy atom. The monoisotopic (exact) mass is 242 g/mol. The Kier molecular flexibility index (Phi) is 14.2. The molecule has 0 saturated carbocycles. The molecule has 0 fully saturated rings. The van der Waals surface area contributed by atoms with Gasteiger partial charge >= 0.3 is 0 Å². The number of rotatable bonds is 7. The third-order valence-corrected chi connectivity index (χ3v) is 2.97. The van der Waals surface area contributed by atoms with E-state index >= 15 is 0 Å². The molecule has 0 spiro atoms. The van der Waals surface area contributed by atoms with Crippen molar-refractivity contribution in [3.63, 3.8) is 0 Å². The second-order valence-corrected chi connectivity index (χ2v) is 6.72. The molecule has 0 aromatic rings. The zero-order chi connectivity index (χ0) is 13.7. The standard InChI is InChI=1S/C11H24.C6H14/c1-6-7-8-10(2)9-11(3,4)5;1-3-5-6-4-2/h10H,6-9H2,1-5H3;3-6H2,1-2H3. The maximum absolute atomic E-state index is 2.38. The minimum absolute atomic E-state index is 0.521. The topological polar surface area (TPSA) is 0 Å². The lowest BCUT2D eigenvalue weighted by Crippen LogP contribution is -2.10. The van der Waals surface area contributed by atoms with Gasteiger partial charge in [0, 0.05) is 0 Å². The van der Waals surface area contributed by atoms with E-state index in [0.717, 1.165) is 5.92 Å². The Bertz CT molecular complexity index is 125. The van der Waals surface area contributed by atoms with Gasteiger partial charge in [-0.2, -0.15) is 0 Å².